The molecule has 2 N–H and O–H groups in total. The fourth-order valence-corrected chi connectivity index (χ4v) is 2.05. The molecule has 1 amide bonds. The second kappa shape index (κ2) is 6.34. The van der Waals surface area contributed by atoms with E-state index in [-0.39, 0.29) is 24.0 Å². The van der Waals surface area contributed by atoms with Crippen molar-refractivity contribution in [1.82, 2.24) is 10.3 Å². The molecule has 0 fully saturated rings. The van der Waals surface area contributed by atoms with Crippen LogP contribution in [0.3, 0.4) is 0 Å². The van der Waals surface area contributed by atoms with Crippen LogP contribution in [0.25, 0.3) is 0 Å². The zero-order chi connectivity index (χ0) is 13.6. The van der Waals surface area contributed by atoms with Crippen molar-refractivity contribution in [3.05, 3.63) is 24.0 Å². The summed E-state index contributed by atoms with van der Waals surface area (Å²) in [5.41, 5.74) is 1.05. The van der Waals surface area contributed by atoms with Crippen LogP contribution in [0.4, 0.5) is 5.69 Å². The van der Waals surface area contributed by atoms with Crippen LogP contribution in [0.1, 0.15) is 17.3 Å². The van der Waals surface area contributed by atoms with E-state index in [9.17, 15) is 13.2 Å². The molecule has 7 heteroatoms. The largest absolute Gasteiger partial charge is 0.387 e. The number of nitrogens with zero attached hydrogens (tertiary/aromatic N) is 1. The maximum Gasteiger partial charge on any atom is 0.254 e. The van der Waals surface area contributed by atoms with Crippen LogP contribution in [-0.4, -0.2) is 44.4 Å². The highest BCUT2D eigenvalue weighted by Gasteiger charge is 2.12. The van der Waals surface area contributed by atoms with Crippen molar-refractivity contribution in [2.75, 3.05) is 30.4 Å². The van der Waals surface area contributed by atoms with Gasteiger partial charge in [-0.15, -0.1) is 0 Å². The molecule has 0 aromatic carbocycles. The lowest BCUT2D eigenvalue weighted by atomic mass is 10.2. The molecule has 1 aromatic rings. The molecule has 1 rings (SSSR count). The molecule has 1 aromatic heterocycles. The van der Waals surface area contributed by atoms with Gasteiger partial charge in [-0.2, -0.15) is 0 Å². The molecule has 0 aliphatic carbocycles. The SMILES string of the molecule is CCS(=O)(=O)CCNC(=O)c1cnccc1NC. The van der Waals surface area contributed by atoms with Crippen molar-refractivity contribution in [3.8, 4) is 0 Å². The molecular weight excluding hydrogens is 254 g/mol. The summed E-state index contributed by atoms with van der Waals surface area (Å²) in [6, 6.07) is 1.68. The number of aromatic nitrogens is 1. The number of rotatable bonds is 6. The summed E-state index contributed by atoms with van der Waals surface area (Å²) in [4.78, 5) is 15.7. The van der Waals surface area contributed by atoms with Gasteiger partial charge in [-0.3, -0.25) is 9.78 Å². The highest BCUT2D eigenvalue weighted by Crippen LogP contribution is 2.11. The van der Waals surface area contributed by atoms with Gasteiger partial charge in [-0.1, -0.05) is 6.92 Å². The molecule has 0 aliphatic rings. The molecule has 0 unspecified atom stereocenters. The highest BCUT2D eigenvalue weighted by molar-refractivity contribution is 7.91. The number of pyridine rings is 1. The first kappa shape index (κ1) is 14.4. The Morgan fingerprint density at radius 3 is 2.78 bits per heavy atom. The summed E-state index contributed by atoms with van der Waals surface area (Å²) >= 11 is 0. The normalized spacial score (nSPS) is 11.0. The standard InChI is InChI=1S/C11H17N3O3S/c1-3-18(16,17)7-6-14-11(15)9-8-13-5-4-10(9)12-2/h4-5,8H,3,6-7H2,1-2H3,(H,12,13)(H,14,15). The highest BCUT2D eigenvalue weighted by atomic mass is 32.2. The summed E-state index contributed by atoms with van der Waals surface area (Å²) < 4.78 is 22.5. The van der Waals surface area contributed by atoms with Gasteiger partial charge in [0.15, 0.2) is 9.84 Å². The number of nitrogens with one attached hydrogen (secondary N) is 2. The second-order valence-corrected chi connectivity index (χ2v) is 6.14. The lowest BCUT2D eigenvalue weighted by Gasteiger charge is -2.08. The van der Waals surface area contributed by atoms with E-state index in [1.165, 1.54) is 6.20 Å². The second-order valence-electron chi connectivity index (χ2n) is 3.66. The van der Waals surface area contributed by atoms with Gasteiger partial charge < -0.3 is 10.6 Å². The van der Waals surface area contributed by atoms with Crippen LogP contribution in [0.5, 0.6) is 0 Å². The average Bonchev–Trinajstić information content (AvgIpc) is 2.38. The number of amides is 1. The fraction of sp³-hybridized carbons (Fsp3) is 0.455. The lowest BCUT2D eigenvalue weighted by Crippen LogP contribution is -2.30. The summed E-state index contributed by atoms with van der Waals surface area (Å²) in [6.45, 7) is 1.68. The Morgan fingerprint density at radius 2 is 2.17 bits per heavy atom. The monoisotopic (exact) mass is 271 g/mol. The minimum atomic E-state index is -3.06. The van der Waals surface area contributed by atoms with E-state index >= 15 is 0 Å². The number of carbonyl (C=O) groups is 1. The van der Waals surface area contributed by atoms with Crippen molar-refractivity contribution in [3.63, 3.8) is 0 Å². The van der Waals surface area contributed by atoms with Crippen LogP contribution in [0.15, 0.2) is 18.5 Å². The Balaban J connectivity index is 2.61. The lowest BCUT2D eigenvalue weighted by molar-refractivity contribution is 0.0956. The Morgan fingerprint density at radius 1 is 1.44 bits per heavy atom. The molecule has 0 atom stereocenters. The molecule has 18 heavy (non-hydrogen) atoms. The maximum absolute atomic E-state index is 11.8. The number of hydrogen-bond acceptors (Lipinski definition) is 5. The third-order valence-electron chi connectivity index (χ3n) is 2.47. The van der Waals surface area contributed by atoms with E-state index in [0.717, 1.165) is 0 Å². The molecule has 0 bridgehead atoms. The molecule has 0 radical (unpaired) electrons. The van der Waals surface area contributed by atoms with Crippen LogP contribution in [0, 0.1) is 0 Å². The van der Waals surface area contributed by atoms with Crippen LogP contribution >= 0.6 is 0 Å². The van der Waals surface area contributed by atoms with E-state index in [1.54, 1.807) is 26.2 Å². The molecule has 6 nitrogen and oxygen atoms in total. The number of sulfone groups is 1. The fourth-order valence-electron chi connectivity index (χ4n) is 1.35. The Labute approximate surface area is 107 Å². The van der Waals surface area contributed by atoms with Crippen LogP contribution in [-0.2, 0) is 9.84 Å². The Hall–Kier alpha value is -1.63. The molecular formula is C11H17N3O3S. The minimum absolute atomic E-state index is 0.0512. The van der Waals surface area contributed by atoms with E-state index in [2.05, 4.69) is 15.6 Å². The predicted octanol–water partition coefficient (Wildman–Crippen LogP) is 0.288. The van der Waals surface area contributed by atoms with Gasteiger partial charge in [0.2, 0.25) is 0 Å². The summed E-state index contributed by atoms with van der Waals surface area (Å²) in [5.74, 6) is -0.305. The number of carbonyl (C=O) groups excluding carboxylic acids is 1. The third kappa shape index (κ3) is 3.99. The van der Waals surface area contributed by atoms with Crippen LogP contribution in [0.2, 0.25) is 0 Å². The smallest absolute Gasteiger partial charge is 0.254 e. The molecule has 0 spiro atoms. The van der Waals surface area contributed by atoms with Gasteiger partial charge >= 0.3 is 0 Å². The Kier molecular flexibility index (Phi) is 5.08. The van der Waals surface area contributed by atoms with Crippen molar-refractivity contribution >= 4 is 21.4 Å². The molecule has 0 saturated carbocycles. The first-order chi connectivity index (χ1) is 8.50. The third-order valence-corrected chi connectivity index (χ3v) is 4.18. The number of anilines is 1. The zero-order valence-electron chi connectivity index (χ0n) is 10.4. The summed E-state index contributed by atoms with van der Waals surface area (Å²) in [7, 11) is -1.36. The molecule has 0 aliphatic heterocycles. The van der Waals surface area contributed by atoms with Gasteiger partial charge in [0, 0.05) is 37.4 Å². The predicted molar refractivity (Wildman–Crippen MR) is 70.4 cm³/mol. The van der Waals surface area contributed by atoms with Crippen LogP contribution < -0.4 is 10.6 Å². The summed E-state index contributed by atoms with van der Waals surface area (Å²) in [6.07, 6.45) is 3.01. The van der Waals surface area contributed by atoms with E-state index in [1.807, 2.05) is 0 Å². The zero-order valence-corrected chi connectivity index (χ0v) is 11.3. The molecule has 0 saturated heterocycles. The topological polar surface area (TPSA) is 88.2 Å². The Bertz CT molecular complexity index is 514. The van der Waals surface area contributed by atoms with Crippen molar-refractivity contribution in [2.45, 2.75) is 6.92 Å². The molecule has 1 heterocycles. The van der Waals surface area contributed by atoms with Gasteiger partial charge in [0.25, 0.3) is 5.91 Å². The van der Waals surface area contributed by atoms with Gasteiger partial charge in [-0.25, -0.2) is 8.42 Å². The number of hydrogen-bond donors (Lipinski definition) is 2. The summed E-state index contributed by atoms with van der Waals surface area (Å²) in [5, 5.41) is 5.44. The van der Waals surface area contributed by atoms with Gasteiger partial charge in [0.05, 0.1) is 11.3 Å². The quantitative estimate of drug-likeness (QED) is 0.776. The first-order valence-electron chi connectivity index (χ1n) is 5.60. The molecule has 100 valence electrons. The van der Waals surface area contributed by atoms with E-state index in [0.29, 0.717) is 11.3 Å². The minimum Gasteiger partial charge on any atom is -0.387 e. The van der Waals surface area contributed by atoms with Gasteiger partial charge in [-0.05, 0) is 6.07 Å². The van der Waals surface area contributed by atoms with Crippen molar-refractivity contribution in [2.24, 2.45) is 0 Å². The average molecular weight is 271 g/mol. The first-order valence-corrected chi connectivity index (χ1v) is 7.42. The van der Waals surface area contributed by atoms with Crippen molar-refractivity contribution in [1.29, 1.82) is 0 Å². The van der Waals surface area contributed by atoms with E-state index < -0.39 is 9.84 Å². The van der Waals surface area contributed by atoms with Gasteiger partial charge in [0.1, 0.15) is 0 Å². The maximum atomic E-state index is 11.8. The van der Waals surface area contributed by atoms with Crippen molar-refractivity contribution < 1.29 is 13.2 Å². The van der Waals surface area contributed by atoms with E-state index in [4.69, 9.17) is 0 Å².